The average molecular weight is 1530 g/mol. The molecular formula is C87H82Cl4N14O4. The van der Waals surface area contributed by atoms with Gasteiger partial charge in [-0.25, -0.2) is 19.6 Å². The molecule has 0 spiro atoms. The van der Waals surface area contributed by atoms with E-state index in [4.69, 9.17) is 56.4 Å². The Kier molecular flexibility index (Phi) is 18.8. The topological polar surface area (TPSA) is 193 Å². The summed E-state index contributed by atoms with van der Waals surface area (Å²) in [6.45, 7) is 9.98. The van der Waals surface area contributed by atoms with Crippen LogP contribution in [0.1, 0.15) is 149 Å². The zero-order valence-electron chi connectivity index (χ0n) is 60.5. The number of aromatic amines is 2. The number of likely N-dealkylation sites (tertiary alicyclic amines) is 2. The van der Waals surface area contributed by atoms with Crippen LogP contribution in [0.3, 0.4) is 0 Å². The number of allylic oxidation sites excluding steroid dienone is 4. The fourth-order valence-corrected chi connectivity index (χ4v) is 18.5. The van der Waals surface area contributed by atoms with E-state index in [9.17, 15) is 9.59 Å². The molecule has 4 atom stereocenters. The monoisotopic (exact) mass is 1530 g/mol. The number of anilines is 4. The van der Waals surface area contributed by atoms with Gasteiger partial charge in [-0.2, -0.15) is 0 Å². The lowest BCUT2D eigenvalue weighted by Crippen LogP contribution is -2.53. The molecule has 6 amide bonds. The van der Waals surface area contributed by atoms with Crippen molar-refractivity contribution in [1.82, 2.24) is 50.2 Å². The summed E-state index contributed by atoms with van der Waals surface area (Å²) >= 11 is 27.6. The molecular weight excluding hydrogens is 1450 g/mol. The second-order valence-electron chi connectivity index (χ2n) is 30.1. The molecule has 10 aromatic rings. The summed E-state index contributed by atoms with van der Waals surface area (Å²) in [4.78, 5) is 89.0. The first kappa shape index (κ1) is 70.2. The number of amides is 6. The maximum absolute atomic E-state index is 16.1. The molecule has 0 aliphatic carbocycles. The van der Waals surface area contributed by atoms with E-state index in [0.717, 1.165) is 154 Å². The minimum Gasteiger partial charge on any atom is -0.355 e. The van der Waals surface area contributed by atoms with Crippen molar-refractivity contribution in [2.45, 2.75) is 95.8 Å². The van der Waals surface area contributed by atoms with Crippen LogP contribution in [0.15, 0.2) is 182 Å². The van der Waals surface area contributed by atoms with Crippen LogP contribution >= 0.6 is 46.4 Å². The van der Waals surface area contributed by atoms with Crippen LogP contribution in [0, 0.1) is 11.8 Å². The summed E-state index contributed by atoms with van der Waals surface area (Å²) < 4.78 is 0. The van der Waals surface area contributed by atoms with Gasteiger partial charge in [-0.1, -0.05) is 145 Å². The molecule has 12 heterocycles. The molecule has 4 fully saturated rings. The zero-order valence-corrected chi connectivity index (χ0v) is 63.6. The van der Waals surface area contributed by atoms with Gasteiger partial charge in [-0.05, 0) is 193 Å². The predicted octanol–water partition coefficient (Wildman–Crippen LogP) is 19.0. The molecule has 0 bridgehead atoms. The third-order valence-corrected chi connectivity index (χ3v) is 24.2. The molecule has 18 nitrogen and oxygen atoms in total. The molecule has 6 aromatic carbocycles. The summed E-state index contributed by atoms with van der Waals surface area (Å²) in [7, 11) is 0. The molecule has 0 saturated carbocycles. The van der Waals surface area contributed by atoms with Crippen molar-refractivity contribution in [2.75, 3.05) is 72.8 Å². The van der Waals surface area contributed by atoms with Gasteiger partial charge < -0.3 is 60.6 Å². The van der Waals surface area contributed by atoms with Gasteiger partial charge in [-0.15, -0.1) is 0 Å². The molecule has 109 heavy (non-hydrogen) atoms. The summed E-state index contributed by atoms with van der Waals surface area (Å²) in [5.74, 6) is 0.536. The number of aromatic nitrogens is 4. The number of urea groups is 2. The Morgan fingerprint density at radius 3 is 1.46 bits per heavy atom. The fraction of sp³-hybridized carbons (Fsp3) is 0.287. The zero-order chi connectivity index (χ0) is 74.3. The number of pyridine rings is 2. The summed E-state index contributed by atoms with van der Waals surface area (Å²) in [5.41, 5.74) is 16.1. The first-order valence-electron chi connectivity index (χ1n) is 38.1. The number of halogens is 4. The van der Waals surface area contributed by atoms with E-state index in [1.165, 1.54) is 0 Å². The van der Waals surface area contributed by atoms with E-state index >= 15 is 9.59 Å². The van der Waals surface area contributed by atoms with Gasteiger partial charge in [0.15, 0.2) is 11.6 Å². The Bertz CT molecular complexity index is 5420. The van der Waals surface area contributed by atoms with Crippen molar-refractivity contribution in [3.8, 4) is 11.3 Å². The van der Waals surface area contributed by atoms with Gasteiger partial charge in [0.2, 0.25) is 0 Å². The van der Waals surface area contributed by atoms with Crippen molar-refractivity contribution in [2.24, 2.45) is 11.8 Å². The highest BCUT2D eigenvalue weighted by atomic mass is 35.5. The fourth-order valence-electron chi connectivity index (χ4n) is 17.8. The van der Waals surface area contributed by atoms with Crippen LogP contribution in [0.25, 0.3) is 55.6 Å². The highest BCUT2D eigenvalue weighted by molar-refractivity contribution is 6.33. The maximum atomic E-state index is 16.1. The van der Waals surface area contributed by atoms with Crippen LogP contribution in [0.5, 0.6) is 0 Å². The lowest BCUT2D eigenvalue weighted by Gasteiger charge is -2.39. The Balaban J connectivity index is 0.742. The number of carbonyl (C=O) groups excluding carboxylic acids is 4. The molecule has 4 saturated heterocycles. The van der Waals surface area contributed by atoms with E-state index in [1.54, 1.807) is 6.20 Å². The molecule has 22 heteroatoms. The number of piperidine rings is 2. The van der Waals surface area contributed by atoms with E-state index in [-0.39, 0.29) is 53.8 Å². The van der Waals surface area contributed by atoms with Crippen LogP contribution in [0.4, 0.5) is 32.6 Å². The lowest BCUT2D eigenvalue weighted by molar-refractivity contribution is 0.101. The molecule has 8 aliphatic heterocycles. The van der Waals surface area contributed by atoms with Gasteiger partial charge in [-0.3, -0.25) is 9.59 Å². The number of hydrogen-bond donors (Lipinski definition) is 6. The summed E-state index contributed by atoms with van der Waals surface area (Å²) in [6.07, 6.45) is 17.8. The van der Waals surface area contributed by atoms with Gasteiger partial charge in [0, 0.05) is 142 Å². The molecule has 0 radical (unpaired) electrons. The Morgan fingerprint density at radius 1 is 0.468 bits per heavy atom. The first-order valence-corrected chi connectivity index (χ1v) is 39.6. The third kappa shape index (κ3) is 13.1. The summed E-state index contributed by atoms with van der Waals surface area (Å²) in [6, 6.07) is 49.7. The highest BCUT2D eigenvalue weighted by Gasteiger charge is 2.43. The van der Waals surface area contributed by atoms with E-state index in [1.807, 2.05) is 88.7 Å². The number of benzene rings is 6. The second-order valence-corrected chi connectivity index (χ2v) is 31.9. The SMILES string of the molecule is CC1CC=CN2C(=C1c1cccc(-c3ccc(NC(=O)c4[nH]c5cc(Cl)cc6c5c4C4=C(c5ccccc5)C(C)CC=CN4C6c4ccc(Cl)cc4)c(N4CCC(NC(=O)N5CCC5)CC4)n3)c1)c1c(C(=O)Nc3cccnc3N3CCC(NC(=O)N4CCCC4)CC3)[nH]c3cc(Cl)cc(c13)C2c1ccc(Cl)cc1. The van der Waals surface area contributed by atoms with Crippen LogP contribution in [-0.4, -0.2) is 128 Å². The Hall–Kier alpha value is -10.5. The Labute approximate surface area is 652 Å². The van der Waals surface area contributed by atoms with E-state index in [2.05, 4.69) is 162 Å². The standard InChI is InChI=1S/C87H82Cl4N14O4/c1-50-13-10-39-104-78(53-20-24-57(88)25-21-53)63-46-59(90)48-68-72(63)74(80(104)70(50)52-15-4-3-5-16-52)76(95-68)85(107)99-67-29-28-65(97-83(67)101-43-32-62(33-44-101)94-87(109)103-37-12-38-103)55-17-8-18-56(45-55)71-51(2)14-11-40-105-79(54-22-26-58(89)27-23-54)64-47-60(91)49-69-73(64)75(81(71)105)77(96-69)84(106)98-66-19-9-34-92-82(66)100-41-30-61(31-42-100)93-86(108)102-35-6-7-36-102/h3-5,8-11,15-29,34,39-40,45-51,61-62,78-79,95-96H,6-7,12-14,30-33,35-38,41-44H2,1-2H3,(H,93,108)(H,94,109)(H,98,106)(H,99,107). The van der Waals surface area contributed by atoms with Crippen LogP contribution < -0.4 is 31.1 Å². The lowest BCUT2D eigenvalue weighted by atomic mass is 9.82. The van der Waals surface area contributed by atoms with Gasteiger partial charge in [0.05, 0.1) is 40.5 Å². The summed E-state index contributed by atoms with van der Waals surface area (Å²) in [5, 5.41) is 17.5. The maximum Gasteiger partial charge on any atom is 0.317 e. The number of hydrogen-bond acceptors (Lipinski definition) is 10. The molecule has 6 N–H and O–H groups in total. The molecule has 8 aliphatic rings. The van der Waals surface area contributed by atoms with Crippen LogP contribution in [-0.2, 0) is 0 Å². The normalized spacial score (nSPS) is 19.9. The van der Waals surface area contributed by atoms with Crippen molar-refractivity contribution in [3.05, 3.63) is 258 Å². The minimum atomic E-state index is -0.399. The number of rotatable bonds is 13. The quantitative estimate of drug-likeness (QED) is 0.0647. The largest absolute Gasteiger partial charge is 0.355 e. The predicted molar refractivity (Wildman–Crippen MR) is 437 cm³/mol. The van der Waals surface area contributed by atoms with Crippen LogP contribution in [0.2, 0.25) is 20.1 Å². The highest BCUT2D eigenvalue weighted by Crippen LogP contribution is 2.56. The third-order valence-electron chi connectivity index (χ3n) is 23.2. The number of nitrogens with one attached hydrogen (secondary N) is 6. The number of nitrogens with zero attached hydrogens (tertiary/aromatic N) is 8. The molecule has 4 unspecified atom stereocenters. The van der Waals surface area contributed by atoms with Crippen molar-refractivity contribution < 1.29 is 19.2 Å². The Morgan fingerprint density at radius 2 is 0.945 bits per heavy atom. The molecule has 18 rings (SSSR count). The van der Waals surface area contributed by atoms with Crippen molar-refractivity contribution >= 4 is 138 Å². The smallest absolute Gasteiger partial charge is 0.317 e. The average Bonchev–Trinajstić information content (AvgIpc) is 1.59. The van der Waals surface area contributed by atoms with E-state index < -0.39 is 6.04 Å². The second kappa shape index (κ2) is 29.1. The number of carbonyl (C=O) groups is 4. The van der Waals surface area contributed by atoms with Crippen molar-refractivity contribution in [3.63, 3.8) is 0 Å². The number of H-pyrrole nitrogens is 2. The molecule has 4 aromatic heterocycles. The van der Waals surface area contributed by atoms with Crippen molar-refractivity contribution in [1.29, 1.82) is 0 Å². The first-order chi connectivity index (χ1) is 53.1. The van der Waals surface area contributed by atoms with Gasteiger partial charge in [0.1, 0.15) is 11.4 Å². The van der Waals surface area contributed by atoms with Gasteiger partial charge >= 0.3 is 12.1 Å². The number of fused-ring (bicyclic) bond motifs is 4. The van der Waals surface area contributed by atoms with E-state index in [0.29, 0.717) is 111 Å². The molecule has 552 valence electrons. The minimum absolute atomic E-state index is 0.00369. The van der Waals surface area contributed by atoms with Gasteiger partial charge in [0.25, 0.3) is 11.8 Å².